The van der Waals surface area contributed by atoms with Crippen molar-refractivity contribution in [3.63, 3.8) is 0 Å². The van der Waals surface area contributed by atoms with Gasteiger partial charge in [0.2, 0.25) is 5.91 Å². The Balaban J connectivity index is 2.60. The molecule has 0 aromatic heterocycles. The quantitative estimate of drug-likeness (QED) is 0.659. The van der Waals surface area contributed by atoms with Gasteiger partial charge in [-0.3, -0.25) is 4.79 Å². The Morgan fingerprint density at radius 3 is 2.33 bits per heavy atom. The van der Waals surface area contributed by atoms with Gasteiger partial charge in [0.05, 0.1) is 5.92 Å². The second-order valence-electron chi connectivity index (χ2n) is 3.82. The second kappa shape index (κ2) is 3.90. The van der Waals surface area contributed by atoms with Crippen LogP contribution in [0.4, 0.5) is 0 Å². The molecule has 70 valence electrons. The number of nitrogens with zero attached hydrogens (tertiary/aromatic N) is 1. The second-order valence-corrected chi connectivity index (χ2v) is 3.82. The normalized spacial score (nSPS) is 30.6. The van der Waals surface area contributed by atoms with Gasteiger partial charge >= 0.3 is 0 Å². The average Bonchev–Trinajstić information content (AvgIpc) is 2.04. The molecule has 1 saturated carbocycles. The van der Waals surface area contributed by atoms with Crippen LogP contribution in [0.15, 0.2) is 0 Å². The van der Waals surface area contributed by atoms with Crippen LogP contribution in [-0.4, -0.2) is 30.9 Å². The lowest BCUT2D eigenvalue weighted by molar-refractivity contribution is -0.124. The Morgan fingerprint density at radius 1 is 1.33 bits per heavy atom. The van der Waals surface area contributed by atoms with E-state index in [1.807, 2.05) is 14.1 Å². The topological polar surface area (TPSA) is 46.3 Å². The molecular weight excluding hydrogens is 152 g/mol. The number of hydrogen-bond donors (Lipinski definition) is 1. The van der Waals surface area contributed by atoms with Gasteiger partial charge in [0.15, 0.2) is 0 Å². The van der Waals surface area contributed by atoms with Crippen LogP contribution in [0.1, 0.15) is 25.7 Å². The van der Waals surface area contributed by atoms with Crippen LogP contribution in [0.5, 0.6) is 0 Å². The maximum Gasteiger partial charge on any atom is 0.222 e. The Morgan fingerprint density at radius 2 is 1.92 bits per heavy atom. The molecule has 0 spiro atoms. The van der Waals surface area contributed by atoms with Gasteiger partial charge < -0.3 is 10.6 Å². The zero-order chi connectivity index (χ0) is 9.14. The first kappa shape index (κ1) is 9.52. The van der Waals surface area contributed by atoms with Gasteiger partial charge in [0.1, 0.15) is 0 Å². The maximum atomic E-state index is 11.1. The Hall–Kier alpha value is -0.570. The van der Waals surface area contributed by atoms with Crippen LogP contribution in [0.2, 0.25) is 0 Å². The summed E-state index contributed by atoms with van der Waals surface area (Å²) in [7, 11) is 4.04. The molecule has 0 aliphatic heterocycles. The van der Waals surface area contributed by atoms with E-state index in [1.54, 1.807) is 0 Å². The van der Waals surface area contributed by atoms with Gasteiger partial charge in [-0.15, -0.1) is 0 Å². The maximum absolute atomic E-state index is 11.1. The van der Waals surface area contributed by atoms with E-state index in [0.29, 0.717) is 6.04 Å². The molecule has 0 saturated heterocycles. The number of nitrogens with two attached hydrogens (primary N) is 1. The number of hydrogen-bond acceptors (Lipinski definition) is 2. The predicted octanol–water partition coefficient (Wildman–Crippen LogP) is 0.592. The molecule has 2 atom stereocenters. The van der Waals surface area contributed by atoms with Crippen LogP contribution in [0.3, 0.4) is 0 Å². The minimum absolute atomic E-state index is 0.0775. The molecule has 0 aromatic rings. The van der Waals surface area contributed by atoms with Crippen molar-refractivity contribution in [2.24, 2.45) is 11.7 Å². The van der Waals surface area contributed by atoms with Crippen molar-refractivity contribution < 1.29 is 4.79 Å². The highest BCUT2D eigenvalue weighted by Gasteiger charge is 2.30. The zero-order valence-electron chi connectivity index (χ0n) is 7.92. The average molecular weight is 170 g/mol. The van der Waals surface area contributed by atoms with E-state index >= 15 is 0 Å². The summed E-state index contributed by atoms with van der Waals surface area (Å²) in [6, 6.07) is 0.372. The summed E-state index contributed by atoms with van der Waals surface area (Å²) in [5.74, 6) is -0.0536. The van der Waals surface area contributed by atoms with Crippen LogP contribution < -0.4 is 5.73 Å². The number of carbonyl (C=O) groups is 1. The lowest BCUT2D eigenvalue weighted by Gasteiger charge is -2.34. The lowest BCUT2D eigenvalue weighted by Crippen LogP contribution is -2.43. The van der Waals surface area contributed by atoms with E-state index in [4.69, 9.17) is 5.73 Å². The fraction of sp³-hybridized carbons (Fsp3) is 0.889. The molecule has 0 heterocycles. The summed E-state index contributed by atoms with van der Waals surface area (Å²) in [6.45, 7) is 0. The first-order chi connectivity index (χ1) is 5.63. The van der Waals surface area contributed by atoms with E-state index < -0.39 is 0 Å². The standard InChI is InChI=1S/C9H18N2O/c1-11(2)8-6-4-3-5-7(8)9(10)12/h7-8H,3-6H2,1-2H3,(H2,10,12)/t7-,8+/m0/s1. The molecule has 0 bridgehead atoms. The highest BCUT2D eigenvalue weighted by Crippen LogP contribution is 2.26. The van der Waals surface area contributed by atoms with Crippen molar-refractivity contribution in [2.45, 2.75) is 31.7 Å². The zero-order valence-corrected chi connectivity index (χ0v) is 7.92. The summed E-state index contributed by atoms with van der Waals surface area (Å²) in [5, 5.41) is 0. The number of amides is 1. The molecule has 3 heteroatoms. The first-order valence-corrected chi connectivity index (χ1v) is 4.58. The summed E-state index contributed by atoms with van der Waals surface area (Å²) in [6.07, 6.45) is 4.46. The van der Waals surface area contributed by atoms with Crippen molar-refractivity contribution >= 4 is 5.91 Å². The van der Waals surface area contributed by atoms with Crippen LogP contribution in [0, 0.1) is 5.92 Å². The van der Waals surface area contributed by atoms with E-state index in [0.717, 1.165) is 19.3 Å². The van der Waals surface area contributed by atoms with E-state index in [1.165, 1.54) is 6.42 Å². The van der Waals surface area contributed by atoms with E-state index in [2.05, 4.69) is 4.90 Å². The third kappa shape index (κ3) is 1.97. The molecule has 0 radical (unpaired) electrons. The van der Waals surface area contributed by atoms with Crippen molar-refractivity contribution in [1.82, 2.24) is 4.90 Å². The molecule has 1 aliphatic carbocycles. The number of carbonyl (C=O) groups excluding carboxylic acids is 1. The molecule has 0 aromatic carbocycles. The van der Waals surface area contributed by atoms with E-state index in [9.17, 15) is 4.79 Å². The Labute approximate surface area is 73.9 Å². The molecule has 1 amide bonds. The third-order valence-corrected chi connectivity index (χ3v) is 2.76. The summed E-state index contributed by atoms with van der Waals surface area (Å²) < 4.78 is 0. The summed E-state index contributed by atoms with van der Waals surface area (Å²) >= 11 is 0. The lowest BCUT2D eigenvalue weighted by atomic mass is 9.83. The predicted molar refractivity (Wildman–Crippen MR) is 48.6 cm³/mol. The number of primary amides is 1. The Bertz CT molecular complexity index is 168. The van der Waals surface area contributed by atoms with Gasteiger partial charge in [-0.05, 0) is 26.9 Å². The van der Waals surface area contributed by atoms with Gasteiger partial charge in [0, 0.05) is 6.04 Å². The van der Waals surface area contributed by atoms with Crippen molar-refractivity contribution in [1.29, 1.82) is 0 Å². The molecule has 1 aliphatic rings. The minimum Gasteiger partial charge on any atom is -0.369 e. The fourth-order valence-corrected chi connectivity index (χ4v) is 2.06. The molecule has 0 unspecified atom stereocenters. The van der Waals surface area contributed by atoms with Gasteiger partial charge in [0.25, 0.3) is 0 Å². The molecule has 1 fully saturated rings. The molecule has 1 rings (SSSR count). The van der Waals surface area contributed by atoms with Crippen LogP contribution >= 0.6 is 0 Å². The summed E-state index contributed by atoms with van der Waals surface area (Å²) in [5.41, 5.74) is 5.33. The van der Waals surface area contributed by atoms with Crippen LogP contribution in [-0.2, 0) is 4.79 Å². The highest BCUT2D eigenvalue weighted by molar-refractivity contribution is 5.77. The van der Waals surface area contributed by atoms with Crippen molar-refractivity contribution in [3.8, 4) is 0 Å². The largest absolute Gasteiger partial charge is 0.369 e. The van der Waals surface area contributed by atoms with E-state index in [-0.39, 0.29) is 11.8 Å². The fourth-order valence-electron chi connectivity index (χ4n) is 2.06. The molecule has 12 heavy (non-hydrogen) atoms. The number of rotatable bonds is 2. The van der Waals surface area contributed by atoms with Crippen LogP contribution in [0.25, 0.3) is 0 Å². The van der Waals surface area contributed by atoms with Crippen molar-refractivity contribution in [2.75, 3.05) is 14.1 Å². The SMILES string of the molecule is CN(C)[C@@H]1CCCC[C@@H]1C(N)=O. The summed E-state index contributed by atoms with van der Waals surface area (Å²) in [4.78, 5) is 13.2. The van der Waals surface area contributed by atoms with Gasteiger partial charge in [-0.1, -0.05) is 12.8 Å². The smallest absolute Gasteiger partial charge is 0.222 e. The highest BCUT2D eigenvalue weighted by atomic mass is 16.1. The first-order valence-electron chi connectivity index (χ1n) is 4.58. The Kier molecular flexibility index (Phi) is 3.09. The van der Waals surface area contributed by atoms with Gasteiger partial charge in [-0.2, -0.15) is 0 Å². The van der Waals surface area contributed by atoms with Crippen molar-refractivity contribution in [3.05, 3.63) is 0 Å². The monoisotopic (exact) mass is 170 g/mol. The minimum atomic E-state index is -0.131. The molecule has 2 N–H and O–H groups in total. The van der Waals surface area contributed by atoms with Gasteiger partial charge in [-0.25, -0.2) is 0 Å². The molecular formula is C9H18N2O. The third-order valence-electron chi connectivity index (χ3n) is 2.76. The molecule has 3 nitrogen and oxygen atoms in total.